The fourth-order valence-electron chi connectivity index (χ4n) is 4.27. The molecule has 5 heteroatoms. The van der Waals surface area contributed by atoms with Crippen LogP contribution in [0.3, 0.4) is 0 Å². The molecular weight excluding hydrogens is 417 g/mol. The largest absolute Gasteiger partial charge is 0.528 e. The van der Waals surface area contributed by atoms with Crippen molar-refractivity contribution in [1.82, 2.24) is 5.06 Å². The van der Waals surface area contributed by atoms with Gasteiger partial charge in [0.15, 0.2) is 0 Å². The highest BCUT2D eigenvalue weighted by Crippen LogP contribution is 2.35. The lowest BCUT2D eigenvalue weighted by atomic mass is 9.80. The summed E-state index contributed by atoms with van der Waals surface area (Å²) >= 11 is 0. The van der Waals surface area contributed by atoms with Gasteiger partial charge in [0.2, 0.25) is 0 Å². The van der Waals surface area contributed by atoms with Gasteiger partial charge in [-0.15, -0.1) is 5.06 Å². The van der Waals surface area contributed by atoms with Crippen LogP contribution in [0.4, 0.5) is 9.18 Å². The third-order valence-electron chi connectivity index (χ3n) is 5.82. The number of benzene rings is 3. The number of hydroxylamine groups is 2. The predicted octanol–water partition coefficient (Wildman–Crippen LogP) is 6.96. The molecule has 4 nitrogen and oxygen atoms in total. The number of carbonyl (C=O) groups excluding carboxylic acids is 1. The van der Waals surface area contributed by atoms with Crippen molar-refractivity contribution in [3.8, 4) is 0 Å². The zero-order valence-corrected chi connectivity index (χ0v) is 19.3. The molecule has 0 saturated carbocycles. The highest BCUT2D eigenvalue weighted by molar-refractivity contribution is 5.84. The van der Waals surface area contributed by atoms with E-state index in [1.807, 2.05) is 45.0 Å². The fraction of sp³-hybridized carbons (Fsp3) is 0.321. The molecule has 0 aromatic heterocycles. The van der Waals surface area contributed by atoms with Gasteiger partial charge in [0.05, 0.1) is 0 Å². The van der Waals surface area contributed by atoms with E-state index in [4.69, 9.17) is 9.57 Å². The van der Waals surface area contributed by atoms with Crippen LogP contribution in [0.1, 0.15) is 44.2 Å². The molecular formula is C28H30FNO3. The first-order valence-electron chi connectivity index (χ1n) is 11.4. The minimum atomic E-state index is -0.694. The maximum atomic E-state index is 13.5. The van der Waals surface area contributed by atoms with E-state index in [0.29, 0.717) is 13.1 Å². The zero-order valence-electron chi connectivity index (χ0n) is 19.3. The Balaban J connectivity index is 1.54. The molecule has 1 aliphatic rings. The Labute approximate surface area is 194 Å². The second kappa shape index (κ2) is 9.75. The van der Waals surface area contributed by atoms with E-state index in [1.165, 1.54) is 22.9 Å². The lowest BCUT2D eigenvalue weighted by Gasteiger charge is -2.36. The molecule has 0 amide bonds. The van der Waals surface area contributed by atoms with Crippen molar-refractivity contribution in [3.05, 3.63) is 89.8 Å². The second-order valence-electron chi connectivity index (χ2n) is 9.52. The van der Waals surface area contributed by atoms with Gasteiger partial charge in [0.1, 0.15) is 11.4 Å². The van der Waals surface area contributed by atoms with Crippen LogP contribution in [0.15, 0.2) is 72.8 Å². The van der Waals surface area contributed by atoms with Crippen LogP contribution in [0.25, 0.3) is 16.8 Å². The molecule has 1 saturated heterocycles. The first kappa shape index (κ1) is 23.0. The summed E-state index contributed by atoms with van der Waals surface area (Å²) in [4.78, 5) is 17.7. The van der Waals surface area contributed by atoms with Gasteiger partial charge in [-0.05, 0) is 73.2 Å². The summed E-state index contributed by atoms with van der Waals surface area (Å²) in [6, 6.07) is 21.4. The topological polar surface area (TPSA) is 38.8 Å². The third kappa shape index (κ3) is 6.20. The summed E-state index contributed by atoms with van der Waals surface area (Å²) in [6.45, 7) is 6.55. The molecule has 1 heterocycles. The lowest BCUT2D eigenvalue weighted by molar-refractivity contribution is -0.158. The Bertz CT molecular complexity index is 1130. The fourth-order valence-corrected chi connectivity index (χ4v) is 4.27. The lowest BCUT2D eigenvalue weighted by Crippen LogP contribution is -2.41. The summed E-state index contributed by atoms with van der Waals surface area (Å²) in [6.07, 6.45) is 4.37. The van der Waals surface area contributed by atoms with Gasteiger partial charge in [0, 0.05) is 19.0 Å². The molecule has 0 spiro atoms. The molecule has 0 radical (unpaired) electrons. The highest BCUT2D eigenvalue weighted by Gasteiger charge is 2.31. The zero-order chi connectivity index (χ0) is 23.4. The van der Waals surface area contributed by atoms with Crippen LogP contribution in [-0.2, 0) is 9.57 Å². The van der Waals surface area contributed by atoms with Gasteiger partial charge < -0.3 is 9.57 Å². The number of carbonyl (C=O) groups is 1. The summed E-state index contributed by atoms with van der Waals surface area (Å²) < 4.78 is 18.8. The Morgan fingerprint density at radius 2 is 1.76 bits per heavy atom. The summed E-state index contributed by atoms with van der Waals surface area (Å²) in [5, 5.41) is 4.06. The molecule has 33 heavy (non-hydrogen) atoms. The molecule has 1 fully saturated rings. The smallest absolute Gasteiger partial charge is 0.427 e. The van der Waals surface area contributed by atoms with E-state index in [2.05, 4.69) is 42.5 Å². The quantitative estimate of drug-likeness (QED) is 0.405. The first-order chi connectivity index (χ1) is 15.8. The monoisotopic (exact) mass is 447 g/mol. The molecule has 1 aliphatic heterocycles. The molecule has 4 rings (SSSR count). The highest BCUT2D eigenvalue weighted by atomic mass is 19.1. The van der Waals surface area contributed by atoms with Crippen molar-refractivity contribution in [2.45, 2.75) is 38.7 Å². The van der Waals surface area contributed by atoms with Crippen LogP contribution in [-0.4, -0.2) is 29.9 Å². The number of nitrogens with zero attached hydrogens (tertiary/aromatic N) is 1. The number of rotatable bonds is 4. The molecule has 172 valence electrons. The number of piperidine rings is 1. The number of ether oxygens (including phenoxy) is 1. The van der Waals surface area contributed by atoms with Crippen molar-refractivity contribution in [3.63, 3.8) is 0 Å². The van der Waals surface area contributed by atoms with Crippen molar-refractivity contribution >= 4 is 23.0 Å². The molecule has 2 unspecified atom stereocenters. The number of hydrogen-bond acceptors (Lipinski definition) is 4. The van der Waals surface area contributed by atoms with Crippen LogP contribution >= 0.6 is 0 Å². The maximum Gasteiger partial charge on any atom is 0.528 e. The maximum absolute atomic E-state index is 13.5. The Morgan fingerprint density at radius 3 is 2.48 bits per heavy atom. The van der Waals surface area contributed by atoms with Gasteiger partial charge in [-0.25, -0.2) is 9.18 Å². The number of hydrogen-bond donors (Lipinski definition) is 0. The summed E-state index contributed by atoms with van der Waals surface area (Å²) in [5.41, 5.74) is 1.58. The number of fused-ring (bicyclic) bond motifs is 1. The van der Waals surface area contributed by atoms with E-state index in [-0.39, 0.29) is 17.7 Å². The molecule has 0 bridgehead atoms. The van der Waals surface area contributed by atoms with Gasteiger partial charge in [0.25, 0.3) is 0 Å². The van der Waals surface area contributed by atoms with Crippen molar-refractivity contribution in [2.24, 2.45) is 5.92 Å². The average Bonchev–Trinajstić information content (AvgIpc) is 2.77. The normalized spacial score (nSPS) is 19.6. The Hall–Kier alpha value is -3.18. The van der Waals surface area contributed by atoms with Gasteiger partial charge in [-0.2, -0.15) is 0 Å². The van der Waals surface area contributed by atoms with Crippen LogP contribution in [0.5, 0.6) is 0 Å². The Morgan fingerprint density at radius 1 is 1.03 bits per heavy atom. The third-order valence-corrected chi connectivity index (χ3v) is 5.82. The summed E-state index contributed by atoms with van der Waals surface area (Å²) in [7, 11) is 0. The SMILES string of the molecule is CC(C)(C)OC(=O)ON1CCC(c2ccc(F)cc2)C(/C=C/c2ccc3ccccc3c2)C1. The Kier molecular flexibility index (Phi) is 6.80. The van der Waals surface area contributed by atoms with Gasteiger partial charge >= 0.3 is 6.16 Å². The van der Waals surface area contributed by atoms with Crippen LogP contribution in [0.2, 0.25) is 0 Å². The van der Waals surface area contributed by atoms with E-state index in [1.54, 1.807) is 5.06 Å². The number of halogens is 1. The molecule has 3 aromatic carbocycles. The molecule has 0 N–H and O–H groups in total. The van der Waals surface area contributed by atoms with Gasteiger partial charge in [-0.1, -0.05) is 60.7 Å². The molecule has 2 atom stereocenters. The van der Waals surface area contributed by atoms with Crippen molar-refractivity contribution < 1.29 is 18.8 Å². The second-order valence-corrected chi connectivity index (χ2v) is 9.52. The minimum Gasteiger partial charge on any atom is -0.427 e. The standard InChI is InChI=1S/C28H30FNO3/c1-28(2,3)32-27(31)33-30-17-16-26(22-12-14-25(29)15-13-22)24(19-30)11-9-20-8-10-21-6-4-5-7-23(21)18-20/h4-15,18,24,26H,16-17,19H2,1-3H3/b11-9+. The molecule has 3 aromatic rings. The van der Waals surface area contributed by atoms with Crippen molar-refractivity contribution in [2.75, 3.05) is 13.1 Å². The average molecular weight is 448 g/mol. The molecule has 0 aliphatic carbocycles. The van der Waals surface area contributed by atoms with E-state index in [0.717, 1.165) is 17.5 Å². The predicted molar refractivity (Wildman–Crippen MR) is 129 cm³/mol. The van der Waals surface area contributed by atoms with Crippen molar-refractivity contribution in [1.29, 1.82) is 0 Å². The first-order valence-corrected chi connectivity index (χ1v) is 11.4. The van der Waals surface area contributed by atoms with E-state index in [9.17, 15) is 9.18 Å². The summed E-state index contributed by atoms with van der Waals surface area (Å²) in [5.74, 6) is 0.0339. The minimum absolute atomic E-state index is 0.0816. The van der Waals surface area contributed by atoms with E-state index < -0.39 is 11.8 Å². The van der Waals surface area contributed by atoms with Crippen LogP contribution in [0, 0.1) is 11.7 Å². The van der Waals surface area contributed by atoms with Crippen LogP contribution < -0.4 is 0 Å². The van der Waals surface area contributed by atoms with E-state index >= 15 is 0 Å². The van der Waals surface area contributed by atoms with Gasteiger partial charge in [-0.3, -0.25) is 0 Å².